The van der Waals surface area contributed by atoms with Crippen LogP contribution in [0, 0.1) is 0 Å². The second kappa shape index (κ2) is 17.0. The Morgan fingerprint density at radius 2 is 1.21 bits per heavy atom. The van der Waals surface area contributed by atoms with Gasteiger partial charge in [-0.1, -0.05) is 0 Å². The topological polar surface area (TPSA) is 77.5 Å². The van der Waals surface area contributed by atoms with E-state index in [1.54, 1.807) is 0 Å². The molecule has 0 unspecified atom stereocenters. The summed E-state index contributed by atoms with van der Waals surface area (Å²) in [7, 11) is 0. The summed E-state index contributed by atoms with van der Waals surface area (Å²) in [5.74, 6) is 0. The van der Waals surface area contributed by atoms with E-state index in [9.17, 15) is 0 Å². The Morgan fingerprint density at radius 1 is 0.786 bits per heavy atom. The average molecular weight is 277 g/mol. The van der Waals surface area contributed by atoms with Crippen molar-refractivity contribution in [1.29, 1.82) is 0 Å². The van der Waals surface area contributed by atoms with Crippen LogP contribution in [0.3, 0.4) is 0 Å². The molecular weight excluding hydrogens is 258 g/mol. The zero-order valence-corrected chi connectivity index (χ0v) is 13.9. The molecule has 0 amide bonds. The molecule has 0 atom stereocenters. The van der Waals surface area contributed by atoms with Crippen molar-refractivity contribution in [2.24, 2.45) is 5.73 Å². The van der Waals surface area contributed by atoms with Gasteiger partial charge in [0.05, 0.1) is 33.0 Å². The smallest absolute Gasteiger partial charge is 0.676 e. The van der Waals surface area contributed by atoms with E-state index in [-0.39, 0.29) is 58.2 Å². The number of hydrogen-bond acceptors (Lipinski definition) is 4. The van der Waals surface area contributed by atoms with Gasteiger partial charge in [-0.3, -0.25) is 0 Å². The van der Waals surface area contributed by atoms with Crippen molar-refractivity contribution in [1.82, 2.24) is 0 Å². The van der Waals surface area contributed by atoms with E-state index in [2.05, 4.69) is 0 Å². The molecular formula is C8H19N2O3Rb. The molecule has 0 aromatic heterocycles. The fourth-order valence-corrected chi connectivity index (χ4v) is 0.697. The molecule has 5 nitrogen and oxygen atoms in total. The molecule has 0 rings (SSSR count). The van der Waals surface area contributed by atoms with E-state index in [1.807, 2.05) is 0 Å². The van der Waals surface area contributed by atoms with Gasteiger partial charge in [-0.15, -0.1) is 6.54 Å². The van der Waals surface area contributed by atoms with Crippen LogP contribution in [-0.4, -0.2) is 52.7 Å². The van der Waals surface area contributed by atoms with Crippen LogP contribution in [0.4, 0.5) is 0 Å². The number of rotatable bonds is 10. The summed E-state index contributed by atoms with van der Waals surface area (Å²) in [6.45, 7) is 4.18. The van der Waals surface area contributed by atoms with Gasteiger partial charge in [0.2, 0.25) is 0 Å². The Kier molecular flexibility index (Phi) is 21.9. The molecule has 14 heavy (non-hydrogen) atoms. The molecule has 0 aliphatic heterocycles. The van der Waals surface area contributed by atoms with Crippen molar-refractivity contribution in [3.8, 4) is 0 Å². The minimum Gasteiger partial charge on any atom is -0.676 e. The summed E-state index contributed by atoms with van der Waals surface area (Å²) in [5.41, 5.74) is 12.0. The maximum atomic E-state index is 6.80. The standard InChI is InChI=1S/C8H19N2O3.Rb/c9-1-3-11-5-7-13-8-6-12-4-2-10;/h9H,1-8,10H2;/q-1;+1. The molecule has 0 bridgehead atoms. The van der Waals surface area contributed by atoms with Crippen molar-refractivity contribution in [3.05, 3.63) is 5.73 Å². The van der Waals surface area contributed by atoms with E-state index in [1.165, 1.54) is 0 Å². The second-order valence-electron chi connectivity index (χ2n) is 2.38. The van der Waals surface area contributed by atoms with Gasteiger partial charge in [0.15, 0.2) is 0 Å². The molecule has 6 heteroatoms. The van der Waals surface area contributed by atoms with E-state index < -0.39 is 0 Å². The van der Waals surface area contributed by atoms with Crippen molar-refractivity contribution >= 4 is 0 Å². The molecule has 0 aromatic rings. The minimum absolute atomic E-state index is 0. The van der Waals surface area contributed by atoms with E-state index >= 15 is 0 Å². The van der Waals surface area contributed by atoms with Crippen LogP contribution in [0.15, 0.2) is 0 Å². The van der Waals surface area contributed by atoms with Gasteiger partial charge < -0.3 is 25.7 Å². The average Bonchev–Trinajstić information content (AvgIpc) is 2.16. The van der Waals surface area contributed by atoms with Crippen LogP contribution in [0.25, 0.3) is 5.73 Å². The first-order chi connectivity index (χ1) is 6.41. The summed E-state index contributed by atoms with van der Waals surface area (Å²) < 4.78 is 15.3. The summed E-state index contributed by atoms with van der Waals surface area (Å²) in [4.78, 5) is 0. The van der Waals surface area contributed by atoms with Gasteiger partial charge >= 0.3 is 58.2 Å². The van der Waals surface area contributed by atoms with Crippen LogP contribution >= 0.6 is 0 Å². The molecule has 0 saturated carbocycles. The van der Waals surface area contributed by atoms with Crippen LogP contribution in [0.5, 0.6) is 0 Å². The van der Waals surface area contributed by atoms with Gasteiger partial charge in [0.1, 0.15) is 0 Å². The number of hydrogen-bond donors (Lipinski definition) is 1. The van der Waals surface area contributed by atoms with Gasteiger partial charge in [0.25, 0.3) is 0 Å². The van der Waals surface area contributed by atoms with E-state index in [4.69, 9.17) is 25.7 Å². The second-order valence-corrected chi connectivity index (χ2v) is 2.38. The molecule has 0 heterocycles. The fourth-order valence-electron chi connectivity index (χ4n) is 0.697. The Morgan fingerprint density at radius 3 is 1.64 bits per heavy atom. The SMILES string of the molecule is [NH-]CCOCCOCCOCCN.[Rb+]. The summed E-state index contributed by atoms with van der Waals surface area (Å²) in [6.07, 6.45) is 0. The third kappa shape index (κ3) is 16.1. The quantitative estimate of drug-likeness (QED) is 0.433. The maximum absolute atomic E-state index is 6.80. The fraction of sp³-hybridized carbons (Fsp3) is 1.00. The van der Waals surface area contributed by atoms with Gasteiger partial charge in [0, 0.05) is 13.2 Å². The predicted molar refractivity (Wildman–Crippen MR) is 50.7 cm³/mol. The molecule has 0 aromatic carbocycles. The summed E-state index contributed by atoms with van der Waals surface area (Å²) in [6, 6.07) is 0. The first-order valence-corrected chi connectivity index (χ1v) is 4.49. The molecule has 0 saturated heterocycles. The monoisotopic (exact) mass is 276 g/mol. The zero-order chi connectivity index (χ0) is 9.78. The van der Waals surface area contributed by atoms with Crippen LogP contribution in [0.2, 0.25) is 0 Å². The normalized spacial score (nSPS) is 9.86. The first kappa shape index (κ1) is 18.0. The molecule has 0 fully saturated rings. The molecule has 3 N–H and O–H groups in total. The van der Waals surface area contributed by atoms with Crippen molar-refractivity contribution < 1.29 is 72.4 Å². The van der Waals surface area contributed by atoms with Gasteiger partial charge in [-0.25, -0.2) is 0 Å². The Balaban J connectivity index is 0. The zero-order valence-electron chi connectivity index (χ0n) is 8.96. The number of nitrogens with one attached hydrogen (secondary N) is 1. The van der Waals surface area contributed by atoms with Crippen molar-refractivity contribution in [2.45, 2.75) is 0 Å². The van der Waals surface area contributed by atoms with Crippen LogP contribution < -0.4 is 63.9 Å². The molecule has 0 radical (unpaired) electrons. The summed E-state index contributed by atoms with van der Waals surface area (Å²) in [5, 5.41) is 0. The van der Waals surface area contributed by atoms with Crippen molar-refractivity contribution in [3.63, 3.8) is 0 Å². The first-order valence-electron chi connectivity index (χ1n) is 4.49. The molecule has 0 spiro atoms. The Bertz CT molecular complexity index is 88.7. The number of ether oxygens (including phenoxy) is 3. The summed E-state index contributed by atoms with van der Waals surface area (Å²) >= 11 is 0. The predicted octanol–water partition coefficient (Wildman–Crippen LogP) is -2.95. The Hall–Kier alpha value is 1.61. The van der Waals surface area contributed by atoms with Crippen LogP contribution in [0.1, 0.15) is 0 Å². The molecule has 80 valence electrons. The Labute approximate surface area is 135 Å². The van der Waals surface area contributed by atoms with Crippen molar-refractivity contribution in [2.75, 3.05) is 52.7 Å². The van der Waals surface area contributed by atoms with E-state index in [0.717, 1.165) is 0 Å². The third-order valence-corrected chi connectivity index (χ3v) is 1.25. The largest absolute Gasteiger partial charge is 1.00 e. The minimum atomic E-state index is 0. The van der Waals surface area contributed by atoms with Gasteiger partial charge in [-0.2, -0.15) is 0 Å². The third-order valence-electron chi connectivity index (χ3n) is 1.25. The van der Waals surface area contributed by atoms with E-state index in [0.29, 0.717) is 52.7 Å². The molecule has 0 aliphatic rings. The maximum Gasteiger partial charge on any atom is 1.00 e. The number of nitrogens with two attached hydrogens (primary N) is 1. The van der Waals surface area contributed by atoms with Gasteiger partial charge in [-0.05, 0) is 0 Å². The molecule has 0 aliphatic carbocycles. The van der Waals surface area contributed by atoms with Crippen LogP contribution in [-0.2, 0) is 14.2 Å².